The predicted molar refractivity (Wildman–Crippen MR) is 66.9 cm³/mol. The first-order chi connectivity index (χ1) is 9.17. The number of aryl methyl sites for hydroxylation is 1. The van der Waals surface area contributed by atoms with Crippen LogP contribution in [0.2, 0.25) is 5.15 Å². The van der Waals surface area contributed by atoms with Crippen LogP contribution >= 0.6 is 11.6 Å². The number of nitrogens with one attached hydrogen (secondary N) is 1. The summed E-state index contributed by atoms with van der Waals surface area (Å²) >= 11 is 5.77. The van der Waals surface area contributed by atoms with Crippen LogP contribution < -0.4 is 10.1 Å². The van der Waals surface area contributed by atoms with Crippen molar-refractivity contribution < 1.29 is 9.53 Å². The zero-order valence-electron chi connectivity index (χ0n) is 10.1. The van der Waals surface area contributed by atoms with Crippen molar-refractivity contribution in [2.75, 3.05) is 12.4 Å². The minimum atomic E-state index is -0.250. The summed E-state index contributed by atoms with van der Waals surface area (Å²) in [5, 5.41) is 6.62. The second-order valence-corrected chi connectivity index (χ2v) is 3.90. The number of carbonyl (C=O) groups excluding carboxylic acids is 1. The molecule has 0 aliphatic rings. The highest BCUT2D eigenvalue weighted by Gasteiger charge is 2.08. The van der Waals surface area contributed by atoms with E-state index in [1.54, 1.807) is 4.68 Å². The normalized spacial score (nSPS) is 10.2. The lowest BCUT2D eigenvalue weighted by atomic mass is 10.4. The Kier molecular flexibility index (Phi) is 4.24. The Hall–Kier alpha value is -2.22. The average molecular weight is 283 g/mol. The Morgan fingerprint density at radius 2 is 2.37 bits per heavy atom. The van der Waals surface area contributed by atoms with E-state index in [0.29, 0.717) is 6.54 Å². The number of halogens is 1. The van der Waals surface area contributed by atoms with Gasteiger partial charge in [-0.1, -0.05) is 11.6 Å². The van der Waals surface area contributed by atoms with Crippen LogP contribution in [0.15, 0.2) is 18.7 Å². The van der Waals surface area contributed by atoms with Gasteiger partial charge in [-0.25, -0.2) is 9.97 Å². The van der Waals surface area contributed by atoms with E-state index in [1.807, 2.05) is 0 Å². The number of hydrogen-bond acceptors (Lipinski definition) is 6. The van der Waals surface area contributed by atoms with Crippen molar-refractivity contribution in [2.45, 2.75) is 13.0 Å². The van der Waals surface area contributed by atoms with Crippen molar-refractivity contribution in [3.63, 3.8) is 0 Å². The third-order valence-electron chi connectivity index (χ3n) is 2.17. The van der Waals surface area contributed by atoms with Gasteiger partial charge in [0.05, 0.1) is 13.7 Å². The third-order valence-corrected chi connectivity index (χ3v) is 2.36. The van der Waals surface area contributed by atoms with Gasteiger partial charge >= 0.3 is 0 Å². The van der Waals surface area contributed by atoms with E-state index in [-0.39, 0.29) is 29.3 Å². The molecule has 2 aromatic heterocycles. The van der Waals surface area contributed by atoms with Crippen molar-refractivity contribution in [3.05, 3.63) is 23.9 Å². The first-order valence-electron chi connectivity index (χ1n) is 5.38. The zero-order valence-corrected chi connectivity index (χ0v) is 10.8. The molecule has 0 saturated carbocycles. The topological polar surface area (TPSA) is 94.8 Å². The van der Waals surface area contributed by atoms with Gasteiger partial charge in [0, 0.05) is 12.5 Å². The molecule has 0 fully saturated rings. The molecule has 8 nitrogen and oxygen atoms in total. The van der Waals surface area contributed by atoms with Gasteiger partial charge in [0.2, 0.25) is 17.7 Å². The second kappa shape index (κ2) is 6.10. The van der Waals surface area contributed by atoms with Gasteiger partial charge in [-0.3, -0.25) is 14.8 Å². The lowest BCUT2D eigenvalue weighted by molar-refractivity contribution is -0.116. The summed E-state index contributed by atoms with van der Waals surface area (Å²) in [7, 11) is 1.45. The average Bonchev–Trinajstić information content (AvgIpc) is 2.88. The molecule has 0 unspecified atom stereocenters. The Morgan fingerprint density at radius 3 is 3.05 bits per heavy atom. The second-order valence-electron chi connectivity index (χ2n) is 3.51. The van der Waals surface area contributed by atoms with E-state index < -0.39 is 0 Å². The Labute approximate surface area is 113 Å². The van der Waals surface area contributed by atoms with Crippen LogP contribution in [0.1, 0.15) is 6.42 Å². The summed E-state index contributed by atoms with van der Waals surface area (Å²) in [5.74, 6) is 0.138. The molecule has 0 aliphatic heterocycles. The molecular formula is C10H11ClN6O2. The molecule has 0 saturated heterocycles. The van der Waals surface area contributed by atoms with Crippen LogP contribution in [-0.4, -0.2) is 37.7 Å². The lowest BCUT2D eigenvalue weighted by Crippen LogP contribution is -2.16. The molecule has 1 amide bonds. The minimum absolute atomic E-state index is 0.105. The number of aromatic nitrogens is 5. The van der Waals surface area contributed by atoms with E-state index in [0.717, 1.165) is 0 Å². The molecule has 19 heavy (non-hydrogen) atoms. The summed E-state index contributed by atoms with van der Waals surface area (Å²) in [5.41, 5.74) is 0. The summed E-state index contributed by atoms with van der Waals surface area (Å²) < 4.78 is 6.48. The predicted octanol–water partition coefficient (Wildman–Crippen LogP) is 0.759. The molecule has 0 radical (unpaired) electrons. The molecule has 0 spiro atoms. The number of ether oxygens (including phenoxy) is 1. The molecule has 0 bridgehead atoms. The first-order valence-corrected chi connectivity index (χ1v) is 5.76. The van der Waals surface area contributed by atoms with Crippen LogP contribution in [0.4, 0.5) is 5.95 Å². The molecule has 2 aromatic rings. The van der Waals surface area contributed by atoms with Crippen molar-refractivity contribution in [1.82, 2.24) is 24.7 Å². The highest BCUT2D eigenvalue weighted by molar-refractivity contribution is 6.29. The third kappa shape index (κ3) is 3.88. The van der Waals surface area contributed by atoms with Gasteiger partial charge in [0.1, 0.15) is 17.8 Å². The molecule has 1 N–H and O–H groups in total. The number of hydrogen-bond donors (Lipinski definition) is 1. The molecule has 0 aromatic carbocycles. The highest BCUT2D eigenvalue weighted by atomic mass is 35.5. The van der Waals surface area contributed by atoms with Crippen LogP contribution in [0.25, 0.3) is 0 Å². The summed E-state index contributed by atoms with van der Waals surface area (Å²) in [4.78, 5) is 23.3. The maximum Gasteiger partial charge on any atom is 0.234 e. The largest absolute Gasteiger partial charge is 0.481 e. The van der Waals surface area contributed by atoms with Crippen LogP contribution in [0, 0.1) is 0 Å². The van der Waals surface area contributed by atoms with Crippen molar-refractivity contribution in [1.29, 1.82) is 0 Å². The highest BCUT2D eigenvalue weighted by Crippen LogP contribution is 2.15. The lowest BCUT2D eigenvalue weighted by Gasteiger charge is -2.05. The Morgan fingerprint density at radius 1 is 1.53 bits per heavy atom. The van der Waals surface area contributed by atoms with Crippen LogP contribution in [0.3, 0.4) is 0 Å². The molecule has 100 valence electrons. The van der Waals surface area contributed by atoms with Crippen molar-refractivity contribution in [2.24, 2.45) is 0 Å². The van der Waals surface area contributed by atoms with Gasteiger partial charge < -0.3 is 4.74 Å². The maximum atomic E-state index is 11.7. The summed E-state index contributed by atoms with van der Waals surface area (Å²) in [6, 6.07) is 1.45. The Bertz CT molecular complexity index is 559. The van der Waals surface area contributed by atoms with E-state index >= 15 is 0 Å². The number of rotatable bonds is 5. The molecule has 2 rings (SSSR count). The summed E-state index contributed by atoms with van der Waals surface area (Å²) in [6.45, 7) is 0.420. The van der Waals surface area contributed by atoms with E-state index in [9.17, 15) is 4.79 Å². The number of methoxy groups -OCH3 is 1. The van der Waals surface area contributed by atoms with Crippen LogP contribution in [-0.2, 0) is 11.3 Å². The number of carbonyl (C=O) groups is 1. The smallest absolute Gasteiger partial charge is 0.234 e. The van der Waals surface area contributed by atoms with Crippen molar-refractivity contribution >= 4 is 23.5 Å². The van der Waals surface area contributed by atoms with Gasteiger partial charge in [-0.2, -0.15) is 10.1 Å². The monoisotopic (exact) mass is 282 g/mol. The summed E-state index contributed by atoms with van der Waals surface area (Å²) in [6.07, 6.45) is 3.16. The van der Waals surface area contributed by atoms with Crippen molar-refractivity contribution in [3.8, 4) is 5.88 Å². The molecule has 9 heteroatoms. The molecule has 0 aliphatic carbocycles. The fourth-order valence-electron chi connectivity index (χ4n) is 1.31. The fraction of sp³-hybridized carbons (Fsp3) is 0.300. The first kappa shape index (κ1) is 13.2. The van der Waals surface area contributed by atoms with E-state index in [4.69, 9.17) is 16.3 Å². The molecule has 0 atom stereocenters. The SMILES string of the molecule is COc1cc(Cl)nc(NC(=O)CCn2cncn2)n1. The Balaban J connectivity index is 1.93. The number of anilines is 1. The zero-order chi connectivity index (χ0) is 13.7. The standard InChI is InChI=1S/C10H11ClN6O2/c1-19-9-4-7(11)14-10(16-9)15-8(18)2-3-17-6-12-5-13-17/h4-6H,2-3H2,1H3,(H,14,15,16,18). The minimum Gasteiger partial charge on any atom is -0.481 e. The van der Waals surface area contributed by atoms with E-state index in [1.165, 1.54) is 25.8 Å². The number of nitrogens with zero attached hydrogens (tertiary/aromatic N) is 5. The quantitative estimate of drug-likeness (QED) is 0.814. The molecule has 2 heterocycles. The van der Waals surface area contributed by atoms with Crippen LogP contribution in [0.5, 0.6) is 5.88 Å². The molecular weight excluding hydrogens is 272 g/mol. The number of amides is 1. The van der Waals surface area contributed by atoms with Gasteiger partial charge in [-0.15, -0.1) is 0 Å². The van der Waals surface area contributed by atoms with Gasteiger partial charge in [0.15, 0.2) is 0 Å². The van der Waals surface area contributed by atoms with E-state index in [2.05, 4.69) is 25.4 Å². The fourth-order valence-corrected chi connectivity index (χ4v) is 1.48. The van der Waals surface area contributed by atoms with Gasteiger partial charge in [-0.05, 0) is 0 Å². The maximum absolute atomic E-state index is 11.7. The van der Waals surface area contributed by atoms with Gasteiger partial charge in [0.25, 0.3) is 0 Å².